The number of amides is 2. The van der Waals surface area contributed by atoms with Crippen LogP contribution in [0.5, 0.6) is 0 Å². The van der Waals surface area contributed by atoms with Gasteiger partial charge in [-0.3, -0.25) is 14.4 Å². The van der Waals surface area contributed by atoms with Crippen molar-refractivity contribution in [3.63, 3.8) is 0 Å². The van der Waals surface area contributed by atoms with E-state index >= 15 is 0 Å². The van der Waals surface area contributed by atoms with Crippen molar-refractivity contribution in [2.75, 3.05) is 11.9 Å². The molecule has 0 aliphatic rings. The standard InChI is InChI=1S/C26H31N5O4/c1-18(32)23(20-12-8-5-9-13-20)31-14-22(28-17-31)30-24(33)21(29-25(34)26(2,3)27)16-35-15-19-10-6-4-7-11-19/h4-14,17,21,23H,15-16,27H2,1-3H3,(H,29,34)(H,30,33). The number of benzene rings is 2. The summed E-state index contributed by atoms with van der Waals surface area (Å²) in [4.78, 5) is 42.0. The smallest absolute Gasteiger partial charge is 0.250 e. The maximum atomic E-state index is 13.0. The minimum absolute atomic E-state index is 0.0661. The number of ether oxygens (including phenoxy) is 1. The van der Waals surface area contributed by atoms with Crippen LogP contribution in [-0.2, 0) is 25.7 Å². The Bertz CT molecular complexity index is 1140. The average Bonchev–Trinajstić information content (AvgIpc) is 3.26. The third kappa shape index (κ3) is 7.33. The summed E-state index contributed by atoms with van der Waals surface area (Å²) in [7, 11) is 0. The van der Waals surface area contributed by atoms with E-state index in [4.69, 9.17) is 10.5 Å². The van der Waals surface area contributed by atoms with E-state index in [9.17, 15) is 14.4 Å². The molecule has 0 spiro atoms. The molecule has 9 heteroatoms. The normalized spacial score (nSPS) is 13.0. The average molecular weight is 478 g/mol. The number of hydrogen-bond acceptors (Lipinski definition) is 6. The van der Waals surface area contributed by atoms with Crippen molar-refractivity contribution >= 4 is 23.4 Å². The van der Waals surface area contributed by atoms with Gasteiger partial charge in [-0.25, -0.2) is 4.98 Å². The molecule has 0 bridgehead atoms. The molecule has 2 aromatic carbocycles. The largest absolute Gasteiger partial charge is 0.374 e. The van der Waals surface area contributed by atoms with E-state index in [1.165, 1.54) is 13.3 Å². The highest BCUT2D eigenvalue weighted by atomic mass is 16.5. The lowest BCUT2D eigenvalue weighted by atomic mass is 10.0. The molecule has 0 radical (unpaired) electrons. The first-order valence-corrected chi connectivity index (χ1v) is 11.3. The van der Waals surface area contributed by atoms with Crippen LogP contribution in [-0.4, -0.2) is 45.3 Å². The molecule has 0 aliphatic carbocycles. The molecular formula is C26H31N5O4. The van der Waals surface area contributed by atoms with Crippen LogP contribution in [0.4, 0.5) is 5.82 Å². The lowest BCUT2D eigenvalue weighted by Gasteiger charge is -2.23. The Kier molecular flexibility index (Phi) is 8.51. The Morgan fingerprint density at radius 1 is 1.06 bits per heavy atom. The summed E-state index contributed by atoms with van der Waals surface area (Å²) in [5.74, 6) is -0.838. The minimum Gasteiger partial charge on any atom is -0.374 e. The van der Waals surface area contributed by atoms with Gasteiger partial charge < -0.3 is 25.7 Å². The molecule has 2 unspecified atom stereocenters. The fraction of sp³-hybridized carbons (Fsp3) is 0.308. The topological polar surface area (TPSA) is 128 Å². The van der Waals surface area contributed by atoms with Gasteiger partial charge in [-0.05, 0) is 31.9 Å². The monoisotopic (exact) mass is 477 g/mol. The number of aromatic nitrogens is 2. The molecule has 1 heterocycles. The SMILES string of the molecule is CC(=O)C(c1ccccc1)n1cnc(NC(=O)C(COCc2ccccc2)NC(=O)C(C)(C)N)c1. The zero-order chi connectivity index (χ0) is 25.4. The number of nitrogens with one attached hydrogen (secondary N) is 2. The van der Waals surface area contributed by atoms with E-state index in [2.05, 4.69) is 15.6 Å². The lowest BCUT2D eigenvalue weighted by molar-refractivity contribution is -0.130. The van der Waals surface area contributed by atoms with E-state index in [1.807, 2.05) is 60.7 Å². The number of ketones is 1. The van der Waals surface area contributed by atoms with Crippen molar-refractivity contribution in [1.82, 2.24) is 14.9 Å². The molecule has 0 saturated heterocycles. The predicted octanol–water partition coefficient (Wildman–Crippen LogP) is 2.44. The second-order valence-corrected chi connectivity index (χ2v) is 8.87. The third-order valence-electron chi connectivity index (χ3n) is 5.25. The molecule has 3 rings (SSSR count). The molecule has 4 N–H and O–H groups in total. The fourth-order valence-electron chi connectivity index (χ4n) is 3.40. The summed E-state index contributed by atoms with van der Waals surface area (Å²) in [6, 6.07) is 17.2. The van der Waals surface area contributed by atoms with Gasteiger partial charge in [-0.15, -0.1) is 0 Å². The number of carbonyl (C=O) groups excluding carboxylic acids is 3. The van der Waals surface area contributed by atoms with E-state index in [0.29, 0.717) is 0 Å². The Morgan fingerprint density at radius 2 is 1.69 bits per heavy atom. The molecule has 9 nitrogen and oxygen atoms in total. The van der Waals surface area contributed by atoms with Crippen molar-refractivity contribution < 1.29 is 19.1 Å². The minimum atomic E-state index is -1.18. The molecule has 35 heavy (non-hydrogen) atoms. The molecule has 2 atom stereocenters. The molecular weight excluding hydrogens is 446 g/mol. The summed E-state index contributed by atoms with van der Waals surface area (Å²) >= 11 is 0. The number of nitrogens with zero attached hydrogens (tertiary/aromatic N) is 2. The number of Topliss-reactive ketones (excluding diaryl/α,β-unsaturated/α-hetero) is 1. The van der Waals surface area contributed by atoms with Crippen molar-refractivity contribution in [1.29, 1.82) is 0 Å². The van der Waals surface area contributed by atoms with E-state index in [1.54, 1.807) is 24.6 Å². The number of hydrogen-bond donors (Lipinski definition) is 3. The van der Waals surface area contributed by atoms with Gasteiger partial charge in [0, 0.05) is 6.20 Å². The Labute approximate surface area is 204 Å². The van der Waals surface area contributed by atoms with E-state index in [-0.39, 0.29) is 24.8 Å². The molecule has 0 aliphatic heterocycles. The molecule has 2 amide bonds. The van der Waals surface area contributed by atoms with Gasteiger partial charge in [0.05, 0.1) is 25.1 Å². The quantitative estimate of drug-likeness (QED) is 0.389. The highest BCUT2D eigenvalue weighted by molar-refractivity contribution is 5.98. The van der Waals surface area contributed by atoms with Gasteiger partial charge in [-0.2, -0.15) is 0 Å². The van der Waals surface area contributed by atoms with Crippen molar-refractivity contribution in [3.8, 4) is 0 Å². The Hall–Kier alpha value is -3.82. The second kappa shape index (κ2) is 11.5. The summed E-state index contributed by atoms with van der Waals surface area (Å²) in [5, 5.41) is 5.34. The lowest BCUT2D eigenvalue weighted by Crippen LogP contribution is -2.56. The number of nitrogens with two attached hydrogens (primary N) is 1. The highest BCUT2D eigenvalue weighted by Crippen LogP contribution is 2.21. The van der Waals surface area contributed by atoms with E-state index in [0.717, 1.165) is 11.1 Å². The van der Waals surface area contributed by atoms with Gasteiger partial charge in [0.2, 0.25) is 5.91 Å². The first-order valence-electron chi connectivity index (χ1n) is 11.3. The second-order valence-electron chi connectivity index (χ2n) is 8.87. The van der Waals surface area contributed by atoms with Crippen LogP contribution in [0, 0.1) is 0 Å². The Morgan fingerprint density at radius 3 is 2.29 bits per heavy atom. The summed E-state index contributed by atoms with van der Waals surface area (Å²) in [6.45, 7) is 4.81. The van der Waals surface area contributed by atoms with Crippen LogP contribution in [0.25, 0.3) is 0 Å². The van der Waals surface area contributed by atoms with Crippen molar-refractivity contribution in [2.45, 2.75) is 45.0 Å². The van der Waals surface area contributed by atoms with Crippen LogP contribution in [0.2, 0.25) is 0 Å². The van der Waals surface area contributed by atoms with Crippen molar-refractivity contribution in [3.05, 3.63) is 84.3 Å². The number of carbonyl (C=O) groups is 3. The molecule has 1 aromatic heterocycles. The van der Waals surface area contributed by atoms with Gasteiger partial charge in [0.15, 0.2) is 11.6 Å². The first-order chi connectivity index (χ1) is 16.6. The van der Waals surface area contributed by atoms with Crippen LogP contribution < -0.4 is 16.4 Å². The van der Waals surface area contributed by atoms with Gasteiger partial charge in [0.1, 0.15) is 12.1 Å². The highest BCUT2D eigenvalue weighted by Gasteiger charge is 2.29. The molecule has 3 aromatic rings. The summed E-state index contributed by atoms with van der Waals surface area (Å²) < 4.78 is 7.34. The number of imidazole rings is 1. The van der Waals surface area contributed by atoms with Gasteiger partial charge >= 0.3 is 0 Å². The zero-order valence-electron chi connectivity index (χ0n) is 20.1. The summed E-state index contributed by atoms with van der Waals surface area (Å²) in [5.41, 5.74) is 6.45. The van der Waals surface area contributed by atoms with Crippen LogP contribution in [0.15, 0.2) is 73.2 Å². The first kappa shape index (κ1) is 25.8. The molecule has 0 fully saturated rings. The van der Waals surface area contributed by atoms with Crippen LogP contribution >= 0.6 is 0 Å². The maximum absolute atomic E-state index is 13.0. The third-order valence-corrected chi connectivity index (χ3v) is 5.25. The molecule has 184 valence electrons. The van der Waals surface area contributed by atoms with E-state index < -0.39 is 29.4 Å². The molecule has 0 saturated carbocycles. The number of anilines is 1. The fourth-order valence-corrected chi connectivity index (χ4v) is 3.40. The van der Waals surface area contributed by atoms with Gasteiger partial charge in [-0.1, -0.05) is 60.7 Å². The van der Waals surface area contributed by atoms with Crippen LogP contribution in [0.1, 0.15) is 37.9 Å². The zero-order valence-corrected chi connectivity index (χ0v) is 20.1. The van der Waals surface area contributed by atoms with Gasteiger partial charge in [0.25, 0.3) is 5.91 Å². The maximum Gasteiger partial charge on any atom is 0.250 e. The summed E-state index contributed by atoms with van der Waals surface area (Å²) in [6.07, 6.45) is 3.06. The Balaban J connectivity index is 1.71. The predicted molar refractivity (Wildman–Crippen MR) is 132 cm³/mol. The number of rotatable bonds is 11. The van der Waals surface area contributed by atoms with Crippen LogP contribution in [0.3, 0.4) is 0 Å². The van der Waals surface area contributed by atoms with Crippen molar-refractivity contribution in [2.24, 2.45) is 5.73 Å².